The molecule has 1 aromatic carbocycles. The summed E-state index contributed by atoms with van der Waals surface area (Å²) in [6.07, 6.45) is 0.834. The van der Waals surface area contributed by atoms with E-state index in [2.05, 4.69) is 0 Å². The van der Waals surface area contributed by atoms with Gasteiger partial charge in [0.05, 0.1) is 16.5 Å². The first-order chi connectivity index (χ1) is 8.96. The molecule has 1 aliphatic heterocycles. The minimum Gasteiger partial charge on any atom is -0.480 e. The summed E-state index contributed by atoms with van der Waals surface area (Å²) in [6, 6.07) is 6.44. The van der Waals surface area contributed by atoms with Crippen molar-refractivity contribution >= 4 is 16.0 Å². The molecule has 0 unspecified atom stereocenters. The average molecular weight is 280 g/mol. The molecule has 0 bridgehead atoms. The summed E-state index contributed by atoms with van der Waals surface area (Å²) in [5, 5.41) is 17.8. The molecule has 0 amide bonds. The quantitative estimate of drug-likeness (QED) is 0.882. The zero-order valence-electron chi connectivity index (χ0n) is 9.98. The molecule has 1 atom stereocenters. The predicted octanol–water partition coefficient (Wildman–Crippen LogP) is 0.796. The first kappa shape index (κ1) is 13.5. The van der Waals surface area contributed by atoms with Crippen molar-refractivity contribution in [1.29, 1.82) is 5.26 Å². The van der Waals surface area contributed by atoms with Gasteiger partial charge in [-0.15, -0.1) is 0 Å². The minimum atomic E-state index is -3.86. The van der Waals surface area contributed by atoms with Crippen LogP contribution in [0.1, 0.15) is 18.4 Å². The molecule has 1 aromatic rings. The summed E-state index contributed by atoms with van der Waals surface area (Å²) in [4.78, 5) is 11.0. The van der Waals surface area contributed by atoms with Crippen molar-refractivity contribution in [2.24, 2.45) is 0 Å². The molecule has 6 nitrogen and oxygen atoms in total. The third kappa shape index (κ3) is 2.45. The molecule has 1 aliphatic rings. The van der Waals surface area contributed by atoms with Crippen molar-refractivity contribution in [3.63, 3.8) is 0 Å². The molecule has 0 radical (unpaired) electrons. The van der Waals surface area contributed by atoms with Gasteiger partial charge in [-0.1, -0.05) is 6.07 Å². The topological polar surface area (TPSA) is 98.5 Å². The van der Waals surface area contributed by atoms with Crippen molar-refractivity contribution in [2.45, 2.75) is 23.8 Å². The van der Waals surface area contributed by atoms with Gasteiger partial charge in [0.2, 0.25) is 10.0 Å². The van der Waals surface area contributed by atoms with Gasteiger partial charge in [-0.25, -0.2) is 8.42 Å². The predicted molar refractivity (Wildman–Crippen MR) is 65.7 cm³/mol. The van der Waals surface area contributed by atoms with E-state index in [1.54, 1.807) is 0 Å². The summed E-state index contributed by atoms with van der Waals surface area (Å²) in [6.45, 7) is 0.191. The van der Waals surface area contributed by atoms with E-state index in [1.165, 1.54) is 24.3 Å². The van der Waals surface area contributed by atoms with E-state index in [0.29, 0.717) is 12.8 Å². The third-order valence-electron chi connectivity index (χ3n) is 3.06. The Labute approximate surface area is 110 Å². The zero-order valence-corrected chi connectivity index (χ0v) is 10.8. The second-order valence-electron chi connectivity index (χ2n) is 4.25. The SMILES string of the molecule is N#Cc1cccc(S(=O)(=O)N2CCC[C@H]2C(=O)O)c1. The van der Waals surface area contributed by atoms with E-state index in [0.717, 1.165) is 4.31 Å². The number of nitriles is 1. The summed E-state index contributed by atoms with van der Waals surface area (Å²) in [7, 11) is -3.86. The van der Waals surface area contributed by atoms with Crippen LogP contribution in [0.5, 0.6) is 0 Å². The number of aliphatic carboxylic acids is 1. The van der Waals surface area contributed by atoms with Crippen molar-refractivity contribution in [3.05, 3.63) is 29.8 Å². The highest BCUT2D eigenvalue weighted by Crippen LogP contribution is 2.26. The number of benzene rings is 1. The maximum absolute atomic E-state index is 12.4. The standard InChI is InChI=1S/C12H12N2O4S/c13-8-9-3-1-4-10(7-9)19(17,18)14-6-2-5-11(14)12(15)16/h1,3-4,7,11H,2,5-6H2,(H,15,16)/t11-/m0/s1. The van der Waals surface area contributed by atoms with Crippen LogP contribution >= 0.6 is 0 Å². The lowest BCUT2D eigenvalue weighted by Crippen LogP contribution is -2.40. The minimum absolute atomic E-state index is 0.0419. The Kier molecular flexibility index (Phi) is 3.55. The van der Waals surface area contributed by atoms with E-state index in [9.17, 15) is 13.2 Å². The highest BCUT2D eigenvalue weighted by Gasteiger charge is 2.39. The lowest BCUT2D eigenvalue weighted by molar-refractivity contribution is -0.140. The summed E-state index contributed by atoms with van der Waals surface area (Å²) in [5.41, 5.74) is 0.229. The second-order valence-corrected chi connectivity index (χ2v) is 6.14. The third-order valence-corrected chi connectivity index (χ3v) is 4.96. The Balaban J connectivity index is 2.42. The van der Waals surface area contributed by atoms with Gasteiger partial charge in [0, 0.05) is 6.54 Å². The van der Waals surface area contributed by atoms with Crippen LogP contribution in [0.4, 0.5) is 0 Å². The number of nitrogens with zero attached hydrogens (tertiary/aromatic N) is 2. The molecule has 7 heteroatoms. The molecule has 0 aliphatic carbocycles. The fourth-order valence-electron chi connectivity index (χ4n) is 2.14. The van der Waals surface area contributed by atoms with Crippen molar-refractivity contribution < 1.29 is 18.3 Å². The molecule has 2 rings (SSSR count). The highest BCUT2D eigenvalue weighted by molar-refractivity contribution is 7.89. The van der Waals surface area contributed by atoms with E-state index >= 15 is 0 Å². The molecular weight excluding hydrogens is 268 g/mol. The summed E-state index contributed by atoms with van der Waals surface area (Å²) < 4.78 is 25.7. The van der Waals surface area contributed by atoms with Crippen LogP contribution in [-0.4, -0.2) is 36.4 Å². The molecule has 1 N–H and O–H groups in total. The molecule has 1 heterocycles. The fraction of sp³-hybridized carbons (Fsp3) is 0.333. The molecule has 0 aromatic heterocycles. The Hall–Kier alpha value is -1.91. The van der Waals surface area contributed by atoms with Crippen LogP contribution in [0.2, 0.25) is 0 Å². The Morgan fingerprint density at radius 1 is 1.47 bits per heavy atom. The Morgan fingerprint density at radius 3 is 2.84 bits per heavy atom. The Morgan fingerprint density at radius 2 is 2.21 bits per heavy atom. The van der Waals surface area contributed by atoms with Gasteiger partial charge in [0.15, 0.2) is 0 Å². The zero-order chi connectivity index (χ0) is 14.0. The maximum atomic E-state index is 12.4. The van der Waals surface area contributed by atoms with Crippen LogP contribution in [0.3, 0.4) is 0 Å². The normalized spacial score (nSPS) is 20.1. The molecular formula is C12H12N2O4S. The molecule has 0 saturated carbocycles. The lowest BCUT2D eigenvalue weighted by Gasteiger charge is -2.20. The molecule has 1 fully saturated rings. The molecule has 100 valence electrons. The van der Waals surface area contributed by atoms with E-state index in [1.807, 2.05) is 6.07 Å². The number of sulfonamides is 1. The van der Waals surface area contributed by atoms with Gasteiger partial charge in [0.1, 0.15) is 6.04 Å². The maximum Gasteiger partial charge on any atom is 0.322 e. The number of carboxylic acid groups (broad SMARTS) is 1. The van der Waals surface area contributed by atoms with Crippen LogP contribution in [0.15, 0.2) is 29.2 Å². The number of hydrogen-bond acceptors (Lipinski definition) is 4. The fourth-order valence-corrected chi connectivity index (χ4v) is 3.83. The van der Waals surface area contributed by atoms with Crippen molar-refractivity contribution in [2.75, 3.05) is 6.54 Å². The average Bonchev–Trinajstić information content (AvgIpc) is 2.89. The van der Waals surface area contributed by atoms with Crippen LogP contribution in [-0.2, 0) is 14.8 Å². The first-order valence-corrected chi connectivity index (χ1v) is 7.15. The van der Waals surface area contributed by atoms with Crippen LogP contribution in [0.25, 0.3) is 0 Å². The van der Waals surface area contributed by atoms with Crippen LogP contribution in [0, 0.1) is 11.3 Å². The van der Waals surface area contributed by atoms with E-state index < -0.39 is 22.0 Å². The number of carbonyl (C=O) groups is 1. The van der Waals surface area contributed by atoms with E-state index in [-0.39, 0.29) is 17.0 Å². The van der Waals surface area contributed by atoms with Crippen molar-refractivity contribution in [1.82, 2.24) is 4.31 Å². The molecule has 1 saturated heterocycles. The van der Waals surface area contributed by atoms with Gasteiger partial charge >= 0.3 is 5.97 Å². The first-order valence-electron chi connectivity index (χ1n) is 5.71. The van der Waals surface area contributed by atoms with E-state index in [4.69, 9.17) is 10.4 Å². The Bertz CT molecular complexity index is 648. The number of hydrogen-bond donors (Lipinski definition) is 1. The largest absolute Gasteiger partial charge is 0.480 e. The van der Waals surface area contributed by atoms with Crippen LogP contribution < -0.4 is 0 Å². The summed E-state index contributed by atoms with van der Waals surface area (Å²) >= 11 is 0. The summed E-state index contributed by atoms with van der Waals surface area (Å²) in [5.74, 6) is -1.14. The van der Waals surface area contributed by atoms with Crippen molar-refractivity contribution in [3.8, 4) is 6.07 Å². The van der Waals surface area contributed by atoms with Gasteiger partial charge in [-0.2, -0.15) is 9.57 Å². The lowest BCUT2D eigenvalue weighted by atomic mass is 10.2. The molecule has 19 heavy (non-hydrogen) atoms. The van der Waals surface area contributed by atoms with Gasteiger partial charge in [-0.05, 0) is 31.0 Å². The van der Waals surface area contributed by atoms with Gasteiger partial charge in [0.25, 0.3) is 0 Å². The van der Waals surface area contributed by atoms with Gasteiger partial charge < -0.3 is 5.11 Å². The van der Waals surface area contributed by atoms with Gasteiger partial charge in [-0.3, -0.25) is 4.79 Å². The second kappa shape index (κ2) is 4.99. The number of rotatable bonds is 3. The highest BCUT2D eigenvalue weighted by atomic mass is 32.2. The molecule has 0 spiro atoms. The smallest absolute Gasteiger partial charge is 0.322 e. The number of carboxylic acids is 1. The monoisotopic (exact) mass is 280 g/mol.